The highest BCUT2D eigenvalue weighted by atomic mass is 28.3. The molecular formula is C14H19FN4O4Si. The van der Waals surface area contributed by atoms with Crippen LogP contribution in [-0.4, -0.2) is 34.4 Å². The van der Waals surface area contributed by atoms with Gasteiger partial charge in [-0.15, -0.1) is 0 Å². The summed E-state index contributed by atoms with van der Waals surface area (Å²) in [5.41, 5.74) is -1.25. The summed E-state index contributed by atoms with van der Waals surface area (Å²) in [6.07, 6.45) is 1.92. The molecule has 0 spiro atoms. The second-order valence-corrected chi connectivity index (χ2v) is 12.2. The lowest BCUT2D eigenvalue weighted by atomic mass is 10.2. The van der Waals surface area contributed by atoms with Crippen molar-refractivity contribution < 1.29 is 14.1 Å². The average molecular weight is 354 g/mol. The fraction of sp³-hybridized carbons (Fsp3) is 0.429. The molecule has 130 valence electrons. The minimum absolute atomic E-state index is 0.0520. The molecule has 8 nitrogen and oxygen atoms in total. The Hall–Kier alpha value is -2.33. The number of nitrogens with zero attached hydrogens (tertiary/aromatic N) is 3. The Balaban J connectivity index is 2.32. The maximum absolute atomic E-state index is 13.4. The smallest absolute Gasteiger partial charge is 0.315 e. The summed E-state index contributed by atoms with van der Waals surface area (Å²) in [6, 6.07) is 1.87. The first kappa shape index (κ1) is 18.0. The normalized spacial score (nSPS) is 11.7. The van der Waals surface area contributed by atoms with Crippen LogP contribution in [0.25, 0.3) is 11.3 Å². The molecule has 0 aromatic carbocycles. The van der Waals surface area contributed by atoms with Gasteiger partial charge in [0.2, 0.25) is 0 Å². The van der Waals surface area contributed by atoms with Gasteiger partial charge in [0.05, 0.1) is 10.5 Å². The van der Waals surface area contributed by atoms with Gasteiger partial charge in [0.15, 0.2) is 5.69 Å². The van der Waals surface area contributed by atoms with Crippen LogP contribution in [0.2, 0.25) is 25.7 Å². The Kier molecular flexibility index (Phi) is 5.29. The molecule has 10 heteroatoms. The van der Waals surface area contributed by atoms with E-state index in [-0.39, 0.29) is 23.7 Å². The highest BCUT2D eigenvalue weighted by Gasteiger charge is 2.25. The van der Waals surface area contributed by atoms with E-state index in [0.717, 1.165) is 24.5 Å². The van der Waals surface area contributed by atoms with E-state index in [9.17, 15) is 19.3 Å². The van der Waals surface area contributed by atoms with Crippen LogP contribution in [-0.2, 0) is 11.5 Å². The molecule has 0 saturated carbocycles. The Morgan fingerprint density at radius 2 is 2.17 bits per heavy atom. The lowest BCUT2D eigenvalue weighted by Gasteiger charge is -2.15. The second-order valence-electron chi connectivity index (χ2n) is 6.54. The molecule has 0 aliphatic carbocycles. The van der Waals surface area contributed by atoms with Gasteiger partial charge in [0.25, 0.3) is 5.56 Å². The molecular weight excluding hydrogens is 335 g/mol. The second kappa shape index (κ2) is 7.05. The summed E-state index contributed by atoms with van der Waals surface area (Å²) in [7, 11) is -1.27. The van der Waals surface area contributed by atoms with Crippen molar-refractivity contribution in [1.82, 2.24) is 14.8 Å². The lowest BCUT2D eigenvalue weighted by Crippen LogP contribution is -2.22. The van der Waals surface area contributed by atoms with Gasteiger partial charge in [-0.1, -0.05) is 19.6 Å². The van der Waals surface area contributed by atoms with Crippen molar-refractivity contribution in [3.63, 3.8) is 0 Å². The van der Waals surface area contributed by atoms with Gasteiger partial charge in [-0.2, -0.15) is 5.10 Å². The summed E-state index contributed by atoms with van der Waals surface area (Å²) in [6.45, 7) is 7.04. The molecule has 0 amide bonds. The Morgan fingerprint density at radius 1 is 1.46 bits per heavy atom. The highest BCUT2D eigenvalue weighted by Crippen LogP contribution is 2.27. The van der Waals surface area contributed by atoms with Crippen LogP contribution in [0.4, 0.5) is 10.1 Å². The van der Waals surface area contributed by atoms with Gasteiger partial charge < -0.3 is 9.72 Å². The van der Waals surface area contributed by atoms with Crippen molar-refractivity contribution in [2.75, 3.05) is 6.61 Å². The van der Waals surface area contributed by atoms with E-state index in [1.54, 1.807) is 0 Å². The summed E-state index contributed by atoms with van der Waals surface area (Å²) in [5, 5.41) is 15.1. The zero-order valence-corrected chi connectivity index (χ0v) is 14.7. The van der Waals surface area contributed by atoms with Crippen LogP contribution >= 0.6 is 0 Å². The molecule has 2 aromatic heterocycles. The molecule has 0 fully saturated rings. The molecule has 2 rings (SSSR count). The lowest BCUT2D eigenvalue weighted by molar-refractivity contribution is -0.384. The molecule has 2 aromatic rings. The first-order chi connectivity index (χ1) is 11.2. The molecule has 2 heterocycles. The summed E-state index contributed by atoms with van der Waals surface area (Å²) in [4.78, 5) is 24.7. The van der Waals surface area contributed by atoms with Gasteiger partial charge in [0.1, 0.15) is 18.7 Å². The van der Waals surface area contributed by atoms with E-state index in [2.05, 4.69) is 29.7 Å². The fourth-order valence-electron chi connectivity index (χ4n) is 2.05. The van der Waals surface area contributed by atoms with Gasteiger partial charge in [-0.3, -0.25) is 14.9 Å². The van der Waals surface area contributed by atoms with E-state index >= 15 is 0 Å². The number of hydrogen-bond acceptors (Lipinski definition) is 5. The number of halogens is 1. The summed E-state index contributed by atoms with van der Waals surface area (Å²) >= 11 is 0. The number of H-pyrrole nitrogens is 1. The van der Waals surface area contributed by atoms with Crippen LogP contribution < -0.4 is 5.56 Å². The van der Waals surface area contributed by atoms with E-state index < -0.39 is 24.4 Å². The number of hydrogen-bond donors (Lipinski definition) is 1. The van der Waals surface area contributed by atoms with Gasteiger partial charge >= 0.3 is 5.69 Å². The van der Waals surface area contributed by atoms with Crippen LogP contribution in [0.3, 0.4) is 0 Å². The monoisotopic (exact) mass is 354 g/mol. The number of nitrogens with one attached hydrogen (secondary N) is 1. The number of rotatable bonds is 7. The third kappa shape index (κ3) is 4.36. The topological polar surface area (TPSA) is 103 Å². The third-order valence-electron chi connectivity index (χ3n) is 3.35. The standard InChI is InChI=1S/C14H19FN4O4Si/c1-24(2,3)5-4-23-9-18-13(12(8-17-18)19(21)22)11-6-10(15)7-16-14(11)20/h6-8H,4-5,9H2,1-3H3,(H,16,20). The van der Waals surface area contributed by atoms with Crippen molar-refractivity contribution in [1.29, 1.82) is 0 Å². The van der Waals surface area contributed by atoms with E-state index in [1.165, 1.54) is 4.68 Å². The number of aromatic nitrogens is 3. The molecule has 0 saturated heterocycles. The maximum atomic E-state index is 13.4. The van der Waals surface area contributed by atoms with E-state index in [4.69, 9.17) is 4.74 Å². The molecule has 24 heavy (non-hydrogen) atoms. The van der Waals surface area contributed by atoms with Crippen molar-refractivity contribution in [2.45, 2.75) is 32.4 Å². The van der Waals surface area contributed by atoms with Crippen LogP contribution in [0.15, 0.2) is 23.3 Å². The van der Waals surface area contributed by atoms with Crippen molar-refractivity contribution in [3.05, 3.63) is 44.7 Å². The maximum Gasteiger partial charge on any atom is 0.315 e. The predicted molar refractivity (Wildman–Crippen MR) is 89.0 cm³/mol. The van der Waals surface area contributed by atoms with Crippen LogP contribution in [0.1, 0.15) is 0 Å². The zero-order chi connectivity index (χ0) is 17.9. The summed E-state index contributed by atoms with van der Waals surface area (Å²) < 4.78 is 20.2. The number of pyridine rings is 1. The van der Waals surface area contributed by atoms with Crippen LogP contribution in [0, 0.1) is 15.9 Å². The van der Waals surface area contributed by atoms with Crippen molar-refractivity contribution in [3.8, 4) is 11.3 Å². The largest absolute Gasteiger partial charge is 0.360 e. The van der Waals surface area contributed by atoms with Gasteiger partial charge in [-0.05, 0) is 12.1 Å². The molecule has 0 unspecified atom stereocenters. The quantitative estimate of drug-likeness (QED) is 0.356. The number of aromatic amines is 1. The van der Waals surface area contributed by atoms with Gasteiger partial charge in [0, 0.05) is 20.9 Å². The number of nitro groups is 1. The van der Waals surface area contributed by atoms with E-state index in [1.807, 2.05) is 0 Å². The molecule has 0 aliphatic rings. The van der Waals surface area contributed by atoms with E-state index in [0.29, 0.717) is 6.61 Å². The average Bonchev–Trinajstić information content (AvgIpc) is 2.89. The first-order valence-electron chi connectivity index (χ1n) is 7.35. The minimum Gasteiger partial charge on any atom is -0.360 e. The highest BCUT2D eigenvalue weighted by molar-refractivity contribution is 6.76. The van der Waals surface area contributed by atoms with Crippen molar-refractivity contribution >= 4 is 13.8 Å². The zero-order valence-electron chi connectivity index (χ0n) is 13.7. The predicted octanol–water partition coefficient (Wildman–Crippen LogP) is 2.60. The molecule has 0 aliphatic heterocycles. The summed E-state index contributed by atoms with van der Waals surface area (Å²) in [5.74, 6) is -0.703. The number of ether oxygens (including phenoxy) is 1. The van der Waals surface area contributed by atoms with Crippen LogP contribution in [0.5, 0.6) is 0 Å². The fourth-order valence-corrected chi connectivity index (χ4v) is 2.80. The molecule has 0 atom stereocenters. The van der Waals surface area contributed by atoms with Crippen molar-refractivity contribution in [2.24, 2.45) is 0 Å². The van der Waals surface area contributed by atoms with Gasteiger partial charge in [-0.25, -0.2) is 9.07 Å². The Morgan fingerprint density at radius 3 is 2.79 bits per heavy atom. The first-order valence-corrected chi connectivity index (χ1v) is 11.1. The molecule has 0 radical (unpaired) electrons. The minimum atomic E-state index is -1.27. The molecule has 0 bridgehead atoms. The SMILES string of the molecule is C[Si](C)(C)CCOCn1ncc([N+](=O)[O-])c1-c1cc(F)c[nH]c1=O. The molecule has 1 N–H and O–H groups in total. The Bertz CT molecular complexity index is 797. The third-order valence-corrected chi connectivity index (χ3v) is 5.05. The Labute approximate surface area is 138 Å².